The number of aromatic nitrogens is 2. The minimum atomic E-state index is -0.0690. The Morgan fingerprint density at radius 2 is 2.20 bits per heavy atom. The van der Waals surface area contributed by atoms with Crippen molar-refractivity contribution in [2.75, 3.05) is 11.9 Å². The van der Waals surface area contributed by atoms with Crippen LogP contribution in [-0.2, 0) is 6.54 Å². The second kappa shape index (κ2) is 5.85. The van der Waals surface area contributed by atoms with Crippen molar-refractivity contribution in [3.63, 3.8) is 0 Å². The molecular weight excluding hydrogens is 322 g/mol. The molecule has 2 unspecified atom stereocenters. The lowest BCUT2D eigenvalue weighted by Gasteiger charge is -2.21. The van der Waals surface area contributed by atoms with E-state index in [4.69, 9.17) is 0 Å². The molecule has 0 saturated heterocycles. The first-order chi connectivity index (χ1) is 9.69. The van der Waals surface area contributed by atoms with Gasteiger partial charge in [0.1, 0.15) is 4.47 Å². The number of nitrogens with one attached hydrogen (secondary N) is 1. The van der Waals surface area contributed by atoms with Gasteiger partial charge in [0.15, 0.2) is 0 Å². The van der Waals surface area contributed by atoms with E-state index in [9.17, 15) is 9.90 Å². The van der Waals surface area contributed by atoms with Crippen LogP contribution in [0.2, 0.25) is 0 Å². The summed E-state index contributed by atoms with van der Waals surface area (Å²) in [5.74, 6) is 0.898. The molecule has 6 heteroatoms. The molecule has 1 aromatic heterocycles. The van der Waals surface area contributed by atoms with E-state index in [1.165, 1.54) is 12.8 Å². The van der Waals surface area contributed by atoms with Crippen molar-refractivity contribution in [2.45, 2.75) is 44.7 Å². The minimum absolute atomic E-state index is 0.0690. The first kappa shape index (κ1) is 14.1. The molecule has 2 aliphatic rings. The van der Waals surface area contributed by atoms with Crippen LogP contribution in [0.3, 0.4) is 0 Å². The summed E-state index contributed by atoms with van der Waals surface area (Å²) in [5, 5.41) is 17.0. The summed E-state index contributed by atoms with van der Waals surface area (Å²) in [5.41, 5.74) is 0.674. The van der Waals surface area contributed by atoms with E-state index in [2.05, 4.69) is 26.3 Å². The van der Waals surface area contributed by atoms with Gasteiger partial charge >= 0.3 is 0 Å². The van der Waals surface area contributed by atoms with Gasteiger partial charge in [-0.15, -0.1) is 0 Å². The predicted molar refractivity (Wildman–Crippen MR) is 80.8 cm³/mol. The molecule has 1 aromatic rings. The highest BCUT2D eigenvalue weighted by molar-refractivity contribution is 9.10. The predicted octanol–water partition coefficient (Wildman–Crippen LogP) is 1.99. The molecule has 0 amide bonds. The van der Waals surface area contributed by atoms with Gasteiger partial charge in [-0.3, -0.25) is 4.79 Å². The van der Waals surface area contributed by atoms with E-state index in [1.54, 1.807) is 10.9 Å². The van der Waals surface area contributed by atoms with Crippen molar-refractivity contribution in [2.24, 2.45) is 11.8 Å². The summed E-state index contributed by atoms with van der Waals surface area (Å²) in [6.45, 7) is 0.919. The number of hydrogen-bond donors (Lipinski definition) is 2. The Morgan fingerprint density at radius 3 is 2.90 bits per heavy atom. The second-order valence-corrected chi connectivity index (χ2v) is 6.72. The van der Waals surface area contributed by atoms with E-state index in [0.29, 0.717) is 10.4 Å². The highest BCUT2D eigenvalue weighted by atomic mass is 79.9. The van der Waals surface area contributed by atoms with Crippen LogP contribution in [0, 0.1) is 11.8 Å². The van der Waals surface area contributed by atoms with Crippen LogP contribution in [0.25, 0.3) is 0 Å². The highest BCUT2D eigenvalue weighted by Crippen LogP contribution is 2.31. The summed E-state index contributed by atoms with van der Waals surface area (Å²) in [6.07, 6.45) is 7.31. The van der Waals surface area contributed by atoms with Gasteiger partial charge in [0.05, 0.1) is 11.9 Å². The fraction of sp³-hybridized carbons (Fsp3) is 0.714. The van der Waals surface area contributed by atoms with Crippen LogP contribution >= 0.6 is 15.9 Å². The molecule has 1 heterocycles. The van der Waals surface area contributed by atoms with Gasteiger partial charge < -0.3 is 10.4 Å². The van der Waals surface area contributed by atoms with Gasteiger partial charge in [-0.05, 0) is 47.5 Å². The average Bonchev–Trinajstić information content (AvgIpc) is 3.15. The zero-order valence-corrected chi connectivity index (χ0v) is 13.0. The summed E-state index contributed by atoms with van der Waals surface area (Å²) in [4.78, 5) is 12.2. The molecule has 0 aliphatic heterocycles. The average molecular weight is 342 g/mol. The molecule has 3 rings (SSSR count). The molecule has 2 atom stereocenters. The van der Waals surface area contributed by atoms with E-state index in [-0.39, 0.29) is 24.1 Å². The molecule has 0 aromatic carbocycles. The topological polar surface area (TPSA) is 67.2 Å². The summed E-state index contributed by atoms with van der Waals surface area (Å²) < 4.78 is 2.10. The maximum absolute atomic E-state index is 12.2. The Hall–Kier alpha value is -0.880. The maximum Gasteiger partial charge on any atom is 0.283 e. The standard InChI is InChI=1S/C14H20BrN3O2/c15-13-12(17-11-3-1-2-10(11)8-19)6-16-18(14(13)20)7-9-4-5-9/h6,9-11,17,19H,1-5,7-8H2. The number of hydrogen-bond acceptors (Lipinski definition) is 4. The third kappa shape index (κ3) is 2.91. The second-order valence-electron chi connectivity index (χ2n) is 5.93. The van der Waals surface area contributed by atoms with Crippen molar-refractivity contribution in [1.82, 2.24) is 9.78 Å². The summed E-state index contributed by atoms with van der Waals surface area (Å²) >= 11 is 3.39. The molecule has 5 nitrogen and oxygen atoms in total. The SMILES string of the molecule is O=c1c(Br)c(NC2CCCC2CO)cnn1CC1CC1. The fourth-order valence-electron chi connectivity index (χ4n) is 2.89. The third-order valence-corrected chi connectivity index (χ3v) is 5.11. The summed E-state index contributed by atoms with van der Waals surface area (Å²) in [7, 11) is 0. The number of halogens is 1. The largest absolute Gasteiger partial charge is 0.396 e. The molecule has 0 bridgehead atoms. The van der Waals surface area contributed by atoms with E-state index < -0.39 is 0 Å². The summed E-state index contributed by atoms with van der Waals surface area (Å²) in [6, 6.07) is 0.233. The van der Waals surface area contributed by atoms with Crippen LogP contribution in [0.1, 0.15) is 32.1 Å². The maximum atomic E-state index is 12.2. The van der Waals surface area contributed by atoms with Crippen LogP contribution in [0.5, 0.6) is 0 Å². The van der Waals surface area contributed by atoms with E-state index >= 15 is 0 Å². The van der Waals surface area contributed by atoms with Gasteiger partial charge in [0, 0.05) is 25.1 Å². The van der Waals surface area contributed by atoms with Gasteiger partial charge in [-0.25, -0.2) is 4.68 Å². The molecule has 20 heavy (non-hydrogen) atoms. The first-order valence-electron chi connectivity index (χ1n) is 7.32. The fourth-order valence-corrected chi connectivity index (χ4v) is 3.31. The van der Waals surface area contributed by atoms with Crippen LogP contribution in [0.15, 0.2) is 15.5 Å². The van der Waals surface area contributed by atoms with E-state index in [0.717, 1.165) is 31.5 Å². The van der Waals surface area contributed by atoms with Crippen molar-refractivity contribution in [1.29, 1.82) is 0 Å². The number of aliphatic hydroxyl groups is 1. The minimum Gasteiger partial charge on any atom is -0.396 e. The van der Waals surface area contributed by atoms with Crippen molar-refractivity contribution >= 4 is 21.6 Å². The zero-order valence-electron chi connectivity index (χ0n) is 11.4. The van der Waals surface area contributed by atoms with Gasteiger partial charge in [0.25, 0.3) is 5.56 Å². The van der Waals surface area contributed by atoms with Crippen molar-refractivity contribution in [3.05, 3.63) is 21.0 Å². The smallest absolute Gasteiger partial charge is 0.283 e. The Morgan fingerprint density at radius 1 is 1.40 bits per heavy atom. The lowest BCUT2D eigenvalue weighted by atomic mass is 10.1. The number of rotatable bonds is 5. The van der Waals surface area contributed by atoms with Gasteiger partial charge in [-0.2, -0.15) is 5.10 Å². The first-order valence-corrected chi connectivity index (χ1v) is 8.11. The van der Waals surface area contributed by atoms with Crippen LogP contribution < -0.4 is 10.9 Å². The molecule has 2 N–H and O–H groups in total. The molecule has 2 fully saturated rings. The lowest BCUT2D eigenvalue weighted by Crippen LogP contribution is -2.30. The van der Waals surface area contributed by atoms with Gasteiger partial charge in [0.2, 0.25) is 0 Å². The number of anilines is 1. The Kier molecular flexibility index (Phi) is 4.12. The lowest BCUT2D eigenvalue weighted by molar-refractivity contribution is 0.222. The Labute approximate surface area is 126 Å². The normalized spacial score (nSPS) is 25.9. The number of nitrogens with zero attached hydrogens (tertiary/aromatic N) is 2. The van der Waals surface area contributed by atoms with Crippen molar-refractivity contribution in [3.8, 4) is 0 Å². The number of aliphatic hydroxyl groups excluding tert-OH is 1. The van der Waals surface area contributed by atoms with Gasteiger partial charge in [-0.1, -0.05) is 6.42 Å². The quantitative estimate of drug-likeness (QED) is 0.859. The zero-order chi connectivity index (χ0) is 14.1. The third-order valence-electron chi connectivity index (χ3n) is 4.35. The van der Waals surface area contributed by atoms with Crippen LogP contribution in [0.4, 0.5) is 5.69 Å². The molecular formula is C14H20BrN3O2. The molecule has 2 saturated carbocycles. The monoisotopic (exact) mass is 341 g/mol. The molecule has 0 radical (unpaired) electrons. The molecule has 110 valence electrons. The molecule has 0 spiro atoms. The molecule has 2 aliphatic carbocycles. The Bertz CT molecular complexity index is 542. The van der Waals surface area contributed by atoms with E-state index in [1.807, 2.05) is 0 Å². The highest BCUT2D eigenvalue weighted by Gasteiger charge is 2.28. The Balaban J connectivity index is 1.76. The van der Waals surface area contributed by atoms with Crippen LogP contribution in [-0.4, -0.2) is 27.5 Å². The van der Waals surface area contributed by atoms with Crippen molar-refractivity contribution < 1.29 is 5.11 Å².